The van der Waals surface area contributed by atoms with Gasteiger partial charge < -0.3 is 5.32 Å². The molecule has 0 spiro atoms. The molecule has 1 aliphatic heterocycles. The zero-order valence-electron chi connectivity index (χ0n) is 15.4. The predicted octanol–water partition coefficient (Wildman–Crippen LogP) is 4.68. The molecule has 0 radical (unpaired) electrons. The number of alkyl halides is 3. The second-order valence-corrected chi connectivity index (χ2v) is 7.43. The summed E-state index contributed by atoms with van der Waals surface area (Å²) in [5.74, 6) is -4.17. The van der Waals surface area contributed by atoms with Gasteiger partial charge in [-0.3, -0.25) is 9.69 Å². The molecule has 2 heterocycles. The van der Waals surface area contributed by atoms with Crippen molar-refractivity contribution in [2.75, 3.05) is 4.90 Å². The van der Waals surface area contributed by atoms with Gasteiger partial charge in [0.05, 0.1) is 6.42 Å². The number of amides is 1. The first-order valence-corrected chi connectivity index (χ1v) is 9.05. The number of hydrogen-bond acceptors (Lipinski definition) is 3. The molecule has 1 saturated carbocycles. The monoisotopic (exact) mass is 427 g/mol. The molecule has 1 amide bonds. The Morgan fingerprint density at radius 1 is 1.17 bits per heavy atom. The Hall–Kier alpha value is -3.04. The van der Waals surface area contributed by atoms with E-state index in [1.165, 1.54) is 6.20 Å². The first-order valence-electron chi connectivity index (χ1n) is 9.05. The molecular weight excluding hydrogens is 412 g/mol. The summed E-state index contributed by atoms with van der Waals surface area (Å²) in [6.07, 6.45) is -2.70. The molecule has 4 rings (SSSR count). The van der Waals surface area contributed by atoms with E-state index in [0.717, 1.165) is 11.1 Å². The normalized spacial score (nSPS) is 17.3. The Labute approximate surface area is 167 Å². The predicted molar refractivity (Wildman–Crippen MR) is 95.3 cm³/mol. The number of benzene rings is 1. The van der Waals surface area contributed by atoms with Crippen molar-refractivity contribution in [1.82, 2.24) is 10.3 Å². The topological polar surface area (TPSA) is 45.2 Å². The van der Waals surface area contributed by atoms with Gasteiger partial charge >= 0.3 is 6.18 Å². The van der Waals surface area contributed by atoms with Gasteiger partial charge in [-0.05, 0) is 18.9 Å². The fourth-order valence-electron chi connectivity index (χ4n) is 3.53. The number of nitrogens with one attached hydrogen (secondary N) is 1. The van der Waals surface area contributed by atoms with E-state index < -0.39 is 47.2 Å². The minimum absolute atomic E-state index is 0.00655. The van der Waals surface area contributed by atoms with Crippen LogP contribution in [0.2, 0.25) is 0 Å². The second kappa shape index (κ2) is 7.03. The van der Waals surface area contributed by atoms with E-state index in [2.05, 4.69) is 10.3 Å². The number of carbonyl (C=O) groups excluding carboxylic acids is 1. The number of aromatic nitrogens is 1. The molecule has 10 heteroatoms. The average molecular weight is 427 g/mol. The number of anilines is 2. The van der Waals surface area contributed by atoms with Gasteiger partial charge in [-0.25, -0.2) is 18.2 Å². The molecule has 158 valence electrons. The number of carbonyl (C=O) groups is 1. The van der Waals surface area contributed by atoms with Crippen molar-refractivity contribution in [1.29, 1.82) is 0 Å². The van der Waals surface area contributed by atoms with Crippen molar-refractivity contribution in [2.24, 2.45) is 0 Å². The van der Waals surface area contributed by atoms with E-state index in [-0.39, 0.29) is 30.7 Å². The maximum atomic E-state index is 14.4. The molecular formula is C20H15F6N3O. The number of rotatable bonds is 4. The van der Waals surface area contributed by atoms with Crippen molar-refractivity contribution in [3.8, 4) is 0 Å². The van der Waals surface area contributed by atoms with E-state index in [1.807, 2.05) is 0 Å². The van der Waals surface area contributed by atoms with Crippen molar-refractivity contribution in [3.63, 3.8) is 0 Å². The third kappa shape index (κ3) is 3.99. The minimum atomic E-state index is -4.44. The van der Waals surface area contributed by atoms with E-state index in [9.17, 15) is 31.1 Å². The van der Waals surface area contributed by atoms with Crippen LogP contribution in [0.15, 0.2) is 42.2 Å². The highest BCUT2D eigenvalue weighted by atomic mass is 19.4. The molecule has 0 atom stereocenters. The zero-order valence-corrected chi connectivity index (χ0v) is 15.4. The Kier molecular flexibility index (Phi) is 4.74. The Morgan fingerprint density at radius 3 is 2.43 bits per heavy atom. The second-order valence-electron chi connectivity index (χ2n) is 7.43. The van der Waals surface area contributed by atoms with Crippen LogP contribution in [0.4, 0.5) is 37.8 Å². The third-order valence-electron chi connectivity index (χ3n) is 5.05. The lowest BCUT2D eigenvalue weighted by Crippen LogP contribution is -2.42. The molecule has 0 unspecified atom stereocenters. The van der Waals surface area contributed by atoms with Gasteiger partial charge in [0, 0.05) is 47.6 Å². The van der Waals surface area contributed by atoms with Gasteiger partial charge in [0.15, 0.2) is 11.6 Å². The largest absolute Gasteiger partial charge is 0.391 e. The van der Waals surface area contributed by atoms with E-state index in [4.69, 9.17) is 0 Å². The molecule has 0 saturated heterocycles. The van der Waals surface area contributed by atoms with Crippen LogP contribution in [0.5, 0.6) is 0 Å². The molecule has 1 N–H and O–H groups in total. The summed E-state index contributed by atoms with van der Waals surface area (Å²) in [6.45, 7) is 0. The molecule has 2 aliphatic rings. The minimum Gasteiger partial charge on any atom is -0.346 e. The summed E-state index contributed by atoms with van der Waals surface area (Å²) in [5.41, 5.74) is -1.55. The number of fused-ring (bicyclic) bond motifs is 1. The van der Waals surface area contributed by atoms with Crippen molar-refractivity contribution < 1.29 is 31.1 Å². The highest BCUT2D eigenvalue weighted by molar-refractivity contribution is 5.96. The Morgan fingerprint density at radius 2 is 1.83 bits per heavy atom. The summed E-state index contributed by atoms with van der Waals surface area (Å²) < 4.78 is 80.4. The highest BCUT2D eigenvalue weighted by Gasteiger charge is 2.52. The van der Waals surface area contributed by atoms with Crippen LogP contribution in [0.3, 0.4) is 0 Å². The summed E-state index contributed by atoms with van der Waals surface area (Å²) in [6, 6.07) is 4.12. The molecule has 1 fully saturated rings. The summed E-state index contributed by atoms with van der Waals surface area (Å²) in [7, 11) is 0. The van der Waals surface area contributed by atoms with Crippen molar-refractivity contribution >= 4 is 17.4 Å². The quantitative estimate of drug-likeness (QED) is 0.721. The maximum absolute atomic E-state index is 14.4. The number of hydrogen-bond donors (Lipinski definition) is 1. The zero-order chi connectivity index (χ0) is 21.7. The molecule has 1 aromatic heterocycles. The van der Waals surface area contributed by atoms with Gasteiger partial charge in [0.25, 0.3) is 0 Å². The molecule has 30 heavy (non-hydrogen) atoms. The van der Waals surface area contributed by atoms with Gasteiger partial charge in [0.2, 0.25) is 5.91 Å². The number of pyridine rings is 1. The van der Waals surface area contributed by atoms with Crippen LogP contribution in [0, 0.1) is 17.5 Å². The molecule has 2 aromatic rings. The lowest BCUT2D eigenvalue weighted by atomic mass is 10.0. The van der Waals surface area contributed by atoms with Crippen LogP contribution in [0.1, 0.15) is 24.8 Å². The van der Waals surface area contributed by atoms with E-state index in [0.29, 0.717) is 17.7 Å². The summed E-state index contributed by atoms with van der Waals surface area (Å²) in [5, 5.41) is 2.41. The van der Waals surface area contributed by atoms with Crippen LogP contribution < -0.4 is 10.2 Å². The van der Waals surface area contributed by atoms with Gasteiger partial charge in [-0.2, -0.15) is 13.2 Å². The van der Waals surface area contributed by atoms with Gasteiger partial charge in [-0.1, -0.05) is 6.07 Å². The molecule has 1 aliphatic carbocycles. The van der Waals surface area contributed by atoms with Crippen LogP contribution in [0.25, 0.3) is 0 Å². The first-order chi connectivity index (χ1) is 14.1. The lowest BCUT2D eigenvalue weighted by molar-refractivity contribution is -0.144. The Balaban J connectivity index is 1.70. The van der Waals surface area contributed by atoms with Crippen LogP contribution in [-0.4, -0.2) is 22.6 Å². The maximum Gasteiger partial charge on any atom is 0.391 e. The third-order valence-corrected chi connectivity index (χ3v) is 5.05. The summed E-state index contributed by atoms with van der Waals surface area (Å²) >= 11 is 0. The fourth-order valence-corrected chi connectivity index (χ4v) is 3.53. The number of halogens is 6. The lowest BCUT2D eigenvalue weighted by Gasteiger charge is -2.29. The standard InChI is InChI=1S/C20H15F6N3O/c21-13-7-14(22)16(15(23)8-13)29-9-12(6-11-2-1-5-27-17(11)29)18(30)28-19(3-4-19)10-20(24,25)26/h1-2,5,7-9H,3-4,6,10H2,(H,28,30). The van der Waals surface area contributed by atoms with Crippen molar-refractivity contribution in [3.05, 3.63) is 65.3 Å². The Bertz CT molecular complexity index is 1020. The van der Waals surface area contributed by atoms with E-state index in [1.54, 1.807) is 12.1 Å². The average Bonchev–Trinajstić information content (AvgIpc) is 3.37. The molecule has 0 bridgehead atoms. The highest BCUT2D eigenvalue weighted by Crippen LogP contribution is 2.45. The molecule has 4 nitrogen and oxygen atoms in total. The molecule has 1 aromatic carbocycles. The van der Waals surface area contributed by atoms with Gasteiger partial charge in [0.1, 0.15) is 17.3 Å². The van der Waals surface area contributed by atoms with Crippen LogP contribution >= 0.6 is 0 Å². The van der Waals surface area contributed by atoms with Crippen LogP contribution in [-0.2, 0) is 11.2 Å². The smallest absolute Gasteiger partial charge is 0.346 e. The van der Waals surface area contributed by atoms with Gasteiger partial charge in [-0.15, -0.1) is 0 Å². The van der Waals surface area contributed by atoms with Crippen molar-refractivity contribution in [2.45, 2.75) is 37.4 Å². The SMILES string of the molecule is O=C(NC1(CC(F)(F)F)CC1)C1=CN(c2c(F)cc(F)cc2F)c2ncccc2C1. The summed E-state index contributed by atoms with van der Waals surface area (Å²) in [4.78, 5) is 17.8. The van der Waals surface area contributed by atoms with E-state index >= 15 is 0 Å². The first kappa shape index (κ1) is 20.2. The number of nitrogens with zero attached hydrogens (tertiary/aromatic N) is 2. The fraction of sp³-hybridized carbons (Fsp3) is 0.300.